The summed E-state index contributed by atoms with van der Waals surface area (Å²) < 4.78 is 70.1. The molecule has 0 aliphatic carbocycles. The van der Waals surface area contributed by atoms with E-state index in [9.17, 15) is 22.0 Å². The van der Waals surface area contributed by atoms with Crippen LogP contribution in [0.25, 0.3) is 11.3 Å². The molecule has 4 rings (SSSR count). The Morgan fingerprint density at radius 1 is 1.11 bits per heavy atom. The predicted molar refractivity (Wildman–Crippen MR) is 124 cm³/mol. The molecular formula is C26H27F5N4. The van der Waals surface area contributed by atoms with Gasteiger partial charge in [0, 0.05) is 36.8 Å². The molecule has 0 amide bonds. The molecule has 1 aliphatic rings. The Balaban J connectivity index is 1.58. The van der Waals surface area contributed by atoms with Crippen molar-refractivity contribution in [2.24, 2.45) is 5.73 Å². The number of hydrogen-bond acceptors (Lipinski definition) is 3. The molecule has 4 nitrogen and oxygen atoms in total. The zero-order valence-electron chi connectivity index (χ0n) is 19.4. The molecule has 1 unspecified atom stereocenters. The average molecular weight is 491 g/mol. The summed E-state index contributed by atoms with van der Waals surface area (Å²) in [5, 5.41) is 0. The molecular weight excluding hydrogens is 463 g/mol. The average Bonchev–Trinajstić information content (AvgIpc) is 3.20. The maximum absolute atomic E-state index is 14.0. The molecule has 2 N–H and O–H groups in total. The number of rotatable bonds is 7. The summed E-state index contributed by atoms with van der Waals surface area (Å²) in [6, 6.07) is 10.0. The Bertz CT molecular complexity index is 1230. The van der Waals surface area contributed by atoms with E-state index in [0.717, 1.165) is 23.8 Å². The quantitative estimate of drug-likeness (QED) is 0.433. The van der Waals surface area contributed by atoms with Crippen LogP contribution in [0.3, 0.4) is 0 Å². The molecule has 0 saturated heterocycles. The van der Waals surface area contributed by atoms with E-state index in [1.54, 1.807) is 12.1 Å². The Morgan fingerprint density at radius 2 is 1.86 bits per heavy atom. The molecule has 3 aromatic rings. The number of imidazole rings is 1. The van der Waals surface area contributed by atoms with Crippen LogP contribution in [-0.2, 0) is 32.1 Å². The Labute approximate surface area is 200 Å². The topological polar surface area (TPSA) is 47.1 Å². The zero-order chi connectivity index (χ0) is 25.3. The fraction of sp³-hybridized carbons (Fsp3) is 0.346. The number of aryl methyl sites for hydroxylation is 1. The summed E-state index contributed by atoms with van der Waals surface area (Å²) in [5.74, 6) is -1.98. The van der Waals surface area contributed by atoms with E-state index in [4.69, 9.17) is 5.73 Å². The molecule has 1 aromatic heterocycles. The smallest absolute Gasteiger partial charge is 0.368 e. The first kappa shape index (κ1) is 24.9. The number of alkyl halides is 3. The number of benzene rings is 2. The third-order valence-electron chi connectivity index (χ3n) is 6.35. The number of hydrogen-bond donors (Lipinski definition) is 1. The lowest BCUT2D eigenvalue weighted by molar-refractivity contribution is -0.147. The van der Waals surface area contributed by atoms with Gasteiger partial charge in [0.05, 0.1) is 17.9 Å². The highest BCUT2D eigenvalue weighted by molar-refractivity contribution is 5.67. The Hall–Kier alpha value is -3.20. The van der Waals surface area contributed by atoms with Crippen molar-refractivity contribution >= 4 is 0 Å². The molecule has 0 fully saturated rings. The van der Waals surface area contributed by atoms with E-state index in [0.29, 0.717) is 35.6 Å². The van der Waals surface area contributed by atoms with Gasteiger partial charge in [-0.15, -0.1) is 0 Å². The molecule has 1 aliphatic heterocycles. The van der Waals surface area contributed by atoms with Crippen LogP contribution in [0.1, 0.15) is 36.0 Å². The van der Waals surface area contributed by atoms with Crippen molar-refractivity contribution in [2.75, 3.05) is 6.54 Å². The first-order valence-electron chi connectivity index (χ1n) is 11.5. The first-order chi connectivity index (χ1) is 16.6. The molecule has 0 radical (unpaired) electrons. The standard InChI is InChI=1S/C26H27F5N4/c1-3-17-6-4-5-7-21(17)24-23-15-34(10-11-35(23)25(33-24)26(29,30)31)16(2)12-20(32)14-18-13-19(27)8-9-22(18)28/h4-9,13,20H,2-3,10-12,14-15,32H2,1H3. The van der Waals surface area contributed by atoms with Gasteiger partial charge in [-0.2, -0.15) is 13.2 Å². The van der Waals surface area contributed by atoms with E-state index in [1.165, 1.54) is 4.57 Å². The van der Waals surface area contributed by atoms with E-state index >= 15 is 0 Å². The molecule has 186 valence electrons. The minimum atomic E-state index is -4.58. The van der Waals surface area contributed by atoms with Crippen LogP contribution in [0.5, 0.6) is 0 Å². The molecule has 0 spiro atoms. The largest absolute Gasteiger partial charge is 0.449 e. The van der Waals surface area contributed by atoms with Gasteiger partial charge in [0.25, 0.3) is 0 Å². The van der Waals surface area contributed by atoms with Crippen LogP contribution in [0.2, 0.25) is 0 Å². The maximum Gasteiger partial charge on any atom is 0.449 e. The van der Waals surface area contributed by atoms with Gasteiger partial charge in [-0.05, 0) is 42.2 Å². The molecule has 35 heavy (non-hydrogen) atoms. The lowest BCUT2D eigenvalue weighted by Gasteiger charge is -2.33. The number of aromatic nitrogens is 2. The highest BCUT2D eigenvalue weighted by atomic mass is 19.4. The summed E-state index contributed by atoms with van der Waals surface area (Å²) in [6.07, 6.45) is -3.52. The zero-order valence-corrected chi connectivity index (χ0v) is 19.4. The highest BCUT2D eigenvalue weighted by Gasteiger charge is 2.40. The van der Waals surface area contributed by atoms with Gasteiger partial charge in [0.1, 0.15) is 11.6 Å². The molecule has 0 bridgehead atoms. The van der Waals surface area contributed by atoms with Gasteiger partial charge in [-0.1, -0.05) is 37.8 Å². The summed E-state index contributed by atoms with van der Waals surface area (Å²) in [7, 11) is 0. The molecule has 9 heteroatoms. The Morgan fingerprint density at radius 3 is 2.57 bits per heavy atom. The van der Waals surface area contributed by atoms with Gasteiger partial charge < -0.3 is 15.2 Å². The van der Waals surface area contributed by atoms with E-state index < -0.39 is 29.7 Å². The molecule has 0 saturated carbocycles. The van der Waals surface area contributed by atoms with Crippen LogP contribution in [-0.4, -0.2) is 27.0 Å². The van der Waals surface area contributed by atoms with Crippen LogP contribution >= 0.6 is 0 Å². The second-order valence-corrected chi connectivity index (χ2v) is 8.78. The van der Waals surface area contributed by atoms with Gasteiger partial charge in [-0.25, -0.2) is 13.8 Å². The second kappa shape index (κ2) is 9.81. The van der Waals surface area contributed by atoms with E-state index in [2.05, 4.69) is 11.6 Å². The lowest BCUT2D eigenvalue weighted by Crippen LogP contribution is -2.36. The summed E-state index contributed by atoms with van der Waals surface area (Å²) >= 11 is 0. The van der Waals surface area contributed by atoms with Crippen molar-refractivity contribution in [3.8, 4) is 11.3 Å². The van der Waals surface area contributed by atoms with Crippen molar-refractivity contribution < 1.29 is 22.0 Å². The minimum Gasteiger partial charge on any atom is -0.368 e. The van der Waals surface area contributed by atoms with E-state index in [-0.39, 0.29) is 31.5 Å². The first-order valence-corrected chi connectivity index (χ1v) is 11.5. The molecule has 1 atom stereocenters. The summed E-state index contributed by atoms with van der Waals surface area (Å²) in [5.41, 5.74) is 9.39. The van der Waals surface area contributed by atoms with Gasteiger partial charge >= 0.3 is 6.18 Å². The summed E-state index contributed by atoms with van der Waals surface area (Å²) in [6.45, 7) is 6.63. The van der Waals surface area contributed by atoms with Crippen molar-refractivity contribution in [3.63, 3.8) is 0 Å². The van der Waals surface area contributed by atoms with Crippen LogP contribution in [0.15, 0.2) is 54.7 Å². The van der Waals surface area contributed by atoms with Gasteiger partial charge in [0.2, 0.25) is 5.82 Å². The predicted octanol–water partition coefficient (Wildman–Crippen LogP) is 5.70. The van der Waals surface area contributed by atoms with Crippen molar-refractivity contribution in [1.29, 1.82) is 0 Å². The fourth-order valence-corrected chi connectivity index (χ4v) is 4.62. The van der Waals surface area contributed by atoms with Crippen molar-refractivity contribution in [1.82, 2.24) is 14.5 Å². The number of nitrogens with two attached hydrogens (primary N) is 1. The number of nitrogens with zero attached hydrogens (tertiary/aromatic N) is 3. The third kappa shape index (κ3) is 5.24. The summed E-state index contributed by atoms with van der Waals surface area (Å²) in [4.78, 5) is 5.94. The van der Waals surface area contributed by atoms with Crippen molar-refractivity contribution in [3.05, 3.63) is 89.0 Å². The highest BCUT2D eigenvalue weighted by Crippen LogP contribution is 2.37. The lowest BCUT2D eigenvalue weighted by atomic mass is 9.99. The monoisotopic (exact) mass is 490 g/mol. The molecule has 2 heterocycles. The number of halogens is 5. The van der Waals surface area contributed by atoms with Crippen molar-refractivity contribution in [2.45, 2.75) is 51.5 Å². The van der Waals surface area contributed by atoms with Gasteiger partial charge in [-0.3, -0.25) is 0 Å². The van der Waals surface area contributed by atoms with Crippen LogP contribution in [0.4, 0.5) is 22.0 Å². The molecule has 2 aromatic carbocycles. The van der Waals surface area contributed by atoms with Crippen LogP contribution < -0.4 is 5.73 Å². The van der Waals surface area contributed by atoms with Crippen LogP contribution in [0, 0.1) is 11.6 Å². The third-order valence-corrected chi connectivity index (χ3v) is 6.35. The van der Waals surface area contributed by atoms with E-state index in [1.807, 2.05) is 24.0 Å². The normalized spacial score (nSPS) is 14.7. The minimum absolute atomic E-state index is 0.0955. The SMILES string of the molecule is C=C(CC(N)Cc1cc(F)ccc1F)N1CCn2c(C(F)(F)F)nc(-c3ccccc3CC)c2C1. The second-order valence-electron chi connectivity index (χ2n) is 8.78. The maximum atomic E-state index is 14.0. The Kier molecular flexibility index (Phi) is 6.98. The fourth-order valence-electron chi connectivity index (χ4n) is 4.62. The number of fused-ring (bicyclic) bond motifs is 1. The van der Waals surface area contributed by atoms with Gasteiger partial charge in [0.15, 0.2) is 0 Å².